The Bertz CT molecular complexity index is 1070. The van der Waals surface area contributed by atoms with Crippen molar-refractivity contribution in [2.75, 3.05) is 11.9 Å². The number of ether oxygens (including phenoxy) is 1. The fourth-order valence-electron chi connectivity index (χ4n) is 3.45. The predicted molar refractivity (Wildman–Crippen MR) is 109 cm³/mol. The normalized spacial score (nSPS) is 12.6. The second-order valence-electron chi connectivity index (χ2n) is 6.79. The number of tetrazole rings is 1. The molecule has 0 saturated heterocycles. The fourth-order valence-corrected chi connectivity index (χ4v) is 4.74. The number of hydrogen-bond donors (Lipinski definition) is 1. The van der Waals surface area contributed by atoms with E-state index in [4.69, 9.17) is 4.74 Å². The van der Waals surface area contributed by atoms with Crippen molar-refractivity contribution in [2.45, 2.75) is 39.7 Å². The zero-order valence-corrected chi connectivity index (χ0v) is 17.1. The highest BCUT2D eigenvalue weighted by atomic mass is 32.1. The molecule has 0 radical (unpaired) electrons. The molecule has 150 valence electrons. The Morgan fingerprint density at radius 3 is 2.90 bits per heavy atom. The van der Waals surface area contributed by atoms with Gasteiger partial charge in [-0.05, 0) is 49.5 Å². The highest BCUT2D eigenvalue weighted by molar-refractivity contribution is 7.17. The van der Waals surface area contributed by atoms with E-state index in [1.165, 1.54) is 16.1 Å². The Balaban J connectivity index is 1.50. The van der Waals surface area contributed by atoms with Crippen LogP contribution in [0.5, 0.6) is 0 Å². The van der Waals surface area contributed by atoms with Gasteiger partial charge in [-0.2, -0.15) is 4.80 Å². The number of amides is 1. The first kappa shape index (κ1) is 19.3. The molecule has 1 amide bonds. The molecule has 0 spiro atoms. The SMILES string of the molecule is CCOC(=O)c1c(NC(=O)Cn2nnc(-c3ccccc3C)n2)sc2c1CCC2. The molecule has 3 aromatic rings. The van der Waals surface area contributed by atoms with Crippen LogP contribution in [0.3, 0.4) is 0 Å². The van der Waals surface area contributed by atoms with Gasteiger partial charge in [0, 0.05) is 10.4 Å². The van der Waals surface area contributed by atoms with Gasteiger partial charge in [0.25, 0.3) is 0 Å². The molecule has 0 saturated carbocycles. The third-order valence-electron chi connectivity index (χ3n) is 4.78. The molecule has 0 unspecified atom stereocenters. The molecule has 0 aliphatic heterocycles. The summed E-state index contributed by atoms with van der Waals surface area (Å²) in [5.74, 6) is -0.231. The lowest BCUT2D eigenvalue weighted by molar-refractivity contribution is -0.117. The van der Waals surface area contributed by atoms with E-state index in [-0.39, 0.29) is 18.4 Å². The molecular formula is C20H21N5O3S. The lowest BCUT2D eigenvalue weighted by Gasteiger charge is -2.07. The van der Waals surface area contributed by atoms with E-state index < -0.39 is 0 Å². The number of nitrogens with zero attached hydrogens (tertiary/aromatic N) is 4. The first-order chi connectivity index (χ1) is 14.1. The largest absolute Gasteiger partial charge is 0.462 e. The minimum atomic E-state index is -0.386. The average Bonchev–Trinajstić information content (AvgIpc) is 3.38. The number of hydrogen-bond acceptors (Lipinski definition) is 7. The summed E-state index contributed by atoms with van der Waals surface area (Å²) in [6.45, 7) is 3.94. The minimum absolute atomic E-state index is 0.0935. The average molecular weight is 411 g/mol. The number of carbonyl (C=O) groups excluding carboxylic acids is 2. The molecule has 1 aliphatic rings. The molecule has 0 atom stereocenters. The van der Waals surface area contributed by atoms with E-state index >= 15 is 0 Å². The summed E-state index contributed by atoms with van der Waals surface area (Å²) >= 11 is 1.45. The first-order valence-corrected chi connectivity index (χ1v) is 10.3. The summed E-state index contributed by atoms with van der Waals surface area (Å²) in [5.41, 5.74) is 3.40. The second-order valence-corrected chi connectivity index (χ2v) is 7.89. The molecule has 29 heavy (non-hydrogen) atoms. The smallest absolute Gasteiger partial charge is 0.341 e. The number of nitrogens with one attached hydrogen (secondary N) is 1. The highest BCUT2D eigenvalue weighted by Gasteiger charge is 2.28. The fraction of sp³-hybridized carbons (Fsp3) is 0.350. The second kappa shape index (κ2) is 8.12. The quantitative estimate of drug-likeness (QED) is 0.626. The first-order valence-electron chi connectivity index (χ1n) is 9.52. The Morgan fingerprint density at radius 1 is 1.28 bits per heavy atom. The van der Waals surface area contributed by atoms with E-state index in [0.29, 0.717) is 23.0 Å². The molecule has 1 aliphatic carbocycles. The number of aromatic nitrogens is 4. The summed E-state index contributed by atoms with van der Waals surface area (Å²) in [6, 6.07) is 7.73. The Morgan fingerprint density at radius 2 is 2.10 bits per heavy atom. The van der Waals surface area contributed by atoms with Crippen LogP contribution in [-0.4, -0.2) is 38.7 Å². The summed E-state index contributed by atoms with van der Waals surface area (Å²) in [4.78, 5) is 27.4. The maximum atomic E-state index is 12.6. The van der Waals surface area contributed by atoms with Crippen LogP contribution < -0.4 is 5.32 Å². The van der Waals surface area contributed by atoms with Crippen molar-refractivity contribution in [3.05, 3.63) is 45.8 Å². The van der Waals surface area contributed by atoms with Crippen molar-refractivity contribution >= 4 is 28.2 Å². The van der Waals surface area contributed by atoms with Crippen molar-refractivity contribution in [1.82, 2.24) is 20.2 Å². The van der Waals surface area contributed by atoms with Gasteiger partial charge in [0.05, 0.1) is 12.2 Å². The van der Waals surface area contributed by atoms with Crippen LogP contribution in [0, 0.1) is 6.92 Å². The van der Waals surface area contributed by atoms with Gasteiger partial charge in [0.1, 0.15) is 11.5 Å². The molecule has 8 nitrogen and oxygen atoms in total. The molecule has 2 heterocycles. The van der Waals surface area contributed by atoms with Gasteiger partial charge in [-0.25, -0.2) is 4.79 Å². The van der Waals surface area contributed by atoms with Crippen LogP contribution >= 0.6 is 11.3 Å². The van der Waals surface area contributed by atoms with Crippen molar-refractivity contribution in [2.24, 2.45) is 0 Å². The molecule has 0 fully saturated rings. The molecule has 1 N–H and O–H groups in total. The van der Waals surface area contributed by atoms with Gasteiger partial charge < -0.3 is 10.1 Å². The molecular weight excluding hydrogens is 390 g/mol. The number of fused-ring (bicyclic) bond motifs is 1. The number of benzene rings is 1. The lowest BCUT2D eigenvalue weighted by Crippen LogP contribution is -2.21. The van der Waals surface area contributed by atoms with Crippen LogP contribution in [0.4, 0.5) is 5.00 Å². The zero-order valence-electron chi connectivity index (χ0n) is 16.3. The summed E-state index contributed by atoms with van der Waals surface area (Å²) in [6.07, 6.45) is 2.78. The van der Waals surface area contributed by atoms with Gasteiger partial charge in [-0.15, -0.1) is 21.5 Å². The Kier molecular flexibility index (Phi) is 5.39. The van der Waals surface area contributed by atoms with E-state index in [1.54, 1.807) is 6.92 Å². The van der Waals surface area contributed by atoms with Crippen molar-refractivity contribution < 1.29 is 14.3 Å². The predicted octanol–water partition coefficient (Wildman–Crippen LogP) is 3.01. The topological polar surface area (TPSA) is 99.0 Å². The van der Waals surface area contributed by atoms with Crippen LogP contribution in [0.15, 0.2) is 24.3 Å². The molecule has 2 aromatic heterocycles. The highest BCUT2D eigenvalue weighted by Crippen LogP contribution is 2.39. The molecule has 9 heteroatoms. The van der Waals surface area contributed by atoms with E-state index in [2.05, 4.69) is 20.7 Å². The van der Waals surface area contributed by atoms with Crippen LogP contribution in [0.25, 0.3) is 11.4 Å². The summed E-state index contributed by atoms with van der Waals surface area (Å²) in [5, 5.41) is 15.7. The van der Waals surface area contributed by atoms with Crippen molar-refractivity contribution in [3.8, 4) is 11.4 Å². The number of carbonyl (C=O) groups is 2. The number of esters is 1. The van der Waals surface area contributed by atoms with Gasteiger partial charge in [0.2, 0.25) is 11.7 Å². The molecule has 4 rings (SSSR count). The van der Waals surface area contributed by atoms with E-state index in [9.17, 15) is 9.59 Å². The Labute approximate surface area is 171 Å². The third kappa shape index (κ3) is 3.91. The van der Waals surface area contributed by atoms with Crippen molar-refractivity contribution in [3.63, 3.8) is 0 Å². The maximum absolute atomic E-state index is 12.6. The van der Waals surface area contributed by atoms with Gasteiger partial charge in [-0.3, -0.25) is 4.79 Å². The Hall–Kier alpha value is -3.07. The number of thiophene rings is 1. The van der Waals surface area contributed by atoms with Crippen molar-refractivity contribution in [1.29, 1.82) is 0 Å². The van der Waals surface area contributed by atoms with Crippen LogP contribution in [0.1, 0.15) is 39.7 Å². The van der Waals surface area contributed by atoms with Gasteiger partial charge in [-0.1, -0.05) is 24.3 Å². The lowest BCUT2D eigenvalue weighted by atomic mass is 10.1. The summed E-state index contributed by atoms with van der Waals surface area (Å²) < 4.78 is 5.19. The van der Waals surface area contributed by atoms with Gasteiger partial charge in [0.15, 0.2) is 0 Å². The number of aryl methyl sites for hydroxylation is 2. The third-order valence-corrected chi connectivity index (χ3v) is 5.98. The van der Waals surface area contributed by atoms with Gasteiger partial charge >= 0.3 is 5.97 Å². The molecule has 0 bridgehead atoms. The standard InChI is InChI=1S/C20H21N5O3S/c1-3-28-20(27)17-14-9-6-10-15(14)29-19(17)21-16(26)11-25-23-18(22-24-25)13-8-5-4-7-12(13)2/h4-5,7-8H,3,6,9-11H2,1-2H3,(H,21,26). The monoisotopic (exact) mass is 411 g/mol. The number of rotatable bonds is 6. The van der Waals surface area contributed by atoms with E-state index in [0.717, 1.165) is 40.8 Å². The molecule has 1 aromatic carbocycles. The zero-order chi connectivity index (χ0) is 20.4. The van der Waals surface area contributed by atoms with E-state index in [1.807, 2.05) is 31.2 Å². The van der Waals surface area contributed by atoms with Crippen LogP contribution in [0.2, 0.25) is 0 Å². The van der Waals surface area contributed by atoms with Crippen LogP contribution in [-0.2, 0) is 28.9 Å². The minimum Gasteiger partial charge on any atom is -0.462 e. The summed E-state index contributed by atoms with van der Waals surface area (Å²) in [7, 11) is 0. The number of anilines is 1. The maximum Gasteiger partial charge on any atom is 0.341 e.